The fourth-order valence-corrected chi connectivity index (χ4v) is 2.27. The number of hydrogen-bond acceptors (Lipinski definition) is 7. The van der Waals surface area contributed by atoms with Crippen molar-refractivity contribution < 1.29 is 19.3 Å². The molecule has 3 rings (SSSR count). The van der Waals surface area contributed by atoms with Gasteiger partial charge < -0.3 is 19.3 Å². The van der Waals surface area contributed by atoms with Gasteiger partial charge in [-0.1, -0.05) is 36.4 Å². The summed E-state index contributed by atoms with van der Waals surface area (Å²) in [5.41, 5.74) is 1.68. The number of hydrogen-bond donors (Lipinski definition) is 1. The number of ether oxygens (including phenoxy) is 3. The lowest BCUT2D eigenvalue weighted by Gasteiger charge is -2.11. The van der Waals surface area contributed by atoms with Crippen LogP contribution in [0.15, 0.2) is 54.7 Å². The molecule has 0 amide bonds. The average Bonchev–Trinajstić information content (AvgIpc) is 2.72. The van der Waals surface area contributed by atoms with Gasteiger partial charge in [0.1, 0.15) is 5.69 Å². The Labute approximate surface area is 158 Å². The molecule has 1 aromatic heterocycles. The Bertz CT molecular complexity index is 828. The van der Waals surface area contributed by atoms with Gasteiger partial charge in [-0.05, 0) is 31.2 Å². The molecule has 142 valence electrons. The lowest BCUT2D eigenvalue weighted by Crippen LogP contribution is -1.98. The van der Waals surface area contributed by atoms with Gasteiger partial charge in [-0.2, -0.15) is 0 Å². The van der Waals surface area contributed by atoms with E-state index in [4.69, 9.17) is 14.2 Å². The summed E-state index contributed by atoms with van der Waals surface area (Å²) in [7, 11) is 1.59. The molecule has 0 spiro atoms. The minimum Gasteiger partial charge on any atom is -0.504 e. The van der Waals surface area contributed by atoms with Gasteiger partial charge in [0.2, 0.25) is 5.75 Å². The predicted octanol–water partition coefficient (Wildman–Crippen LogP) is 3.74. The van der Waals surface area contributed by atoms with Gasteiger partial charge in [-0.3, -0.25) is 0 Å². The molecule has 0 atom stereocenters. The van der Waals surface area contributed by atoms with E-state index >= 15 is 0 Å². The van der Waals surface area contributed by atoms with Crippen molar-refractivity contribution in [1.82, 2.24) is 15.4 Å². The predicted molar refractivity (Wildman–Crippen MR) is 102 cm³/mol. The molecular formula is C20H23N3O4. The molecule has 1 heterocycles. The van der Waals surface area contributed by atoms with E-state index in [1.807, 2.05) is 44.2 Å². The smallest absolute Gasteiger partial charge is 0.203 e. The summed E-state index contributed by atoms with van der Waals surface area (Å²) in [6.07, 6.45) is 1.55. The lowest BCUT2D eigenvalue weighted by molar-refractivity contribution is 0.275. The number of rotatable bonds is 6. The number of nitrogens with zero attached hydrogens (tertiary/aromatic N) is 3. The van der Waals surface area contributed by atoms with Gasteiger partial charge in [0, 0.05) is 5.56 Å². The fraction of sp³-hybridized carbons (Fsp3) is 0.250. The van der Waals surface area contributed by atoms with Crippen LogP contribution < -0.4 is 14.2 Å². The first-order chi connectivity index (χ1) is 13.2. The maximum Gasteiger partial charge on any atom is 0.203 e. The number of benzene rings is 2. The van der Waals surface area contributed by atoms with E-state index in [2.05, 4.69) is 15.4 Å². The molecule has 2 aromatic carbocycles. The summed E-state index contributed by atoms with van der Waals surface area (Å²) in [5.74, 6) is 1.76. The number of aromatic nitrogens is 3. The van der Waals surface area contributed by atoms with Crippen molar-refractivity contribution in [2.75, 3.05) is 20.3 Å². The number of methoxy groups -OCH3 is 1. The number of phenolic OH excluding ortho intramolecular Hbond substituents is 1. The molecule has 0 saturated heterocycles. The van der Waals surface area contributed by atoms with Crippen LogP contribution in [-0.4, -0.2) is 40.8 Å². The third-order valence-corrected chi connectivity index (χ3v) is 3.42. The highest BCUT2D eigenvalue weighted by atomic mass is 16.5. The Hall–Kier alpha value is -3.35. The normalized spacial score (nSPS) is 9.74. The summed E-state index contributed by atoms with van der Waals surface area (Å²) in [5, 5.41) is 20.6. The van der Waals surface area contributed by atoms with Crippen LogP contribution in [0.4, 0.5) is 0 Å². The molecule has 0 aliphatic carbocycles. The van der Waals surface area contributed by atoms with E-state index in [1.54, 1.807) is 31.5 Å². The quantitative estimate of drug-likeness (QED) is 0.708. The molecule has 0 bridgehead atoms. The van der Waals surface area contributed by atoms with E-state index in [0.29, 0.717) is 36.2 Å². The molecule has 0 aliphatic heterocycles. The van der Waals surface area contributed by atoms with Gasteiger partial charge in [-0.15, -0.1) is 10.2 Å². The summed E-state index contributed by atoms with van der Waals surface area (Å²) in [6.45, 7) is 4.82. The maximum absolute atomic E-state index is 9.44. The molecule has 7 heteroatoms. The standard InChI is InChI=1S/C10H9N3O.C10H14O3/c1-14-9-7-11-13-12-10(9)8-5-3-2-4-6-8;1-3-12-9-7-5-6-8(11)10(9)13-4-2/h2-7H,1H3;5-7,11H,3-4H2,1-2H3. The molecule has 0 unspecified atom stereocenters. The topological polar surface area (TPSA) is 86.6 Å². The summed E-state index contributed by atoms with van der Waals surface area (Å²) < 4.78 is 15.7. The van der Waals surface area contributed by atoms with Crippen molar-refractivity contribution in [3.05, 3.63) is 54.7 Å². The molecule has 0 saturated carbocycles. The van der Waals surface area contributed by atoms with Crippen LogP contribution in [-0.2, 0) is 0 Å². The van der Waals surface area contributed by atoms with Gasteiger partial charge in [0.15, 0.2) is 17.2 Å². The largest absolute Gasteiger partial charge is 0.504 e. The second kappa shape index (κ2) is 10.6. The SMILES string of the molecule is CCOc1cccc(O)c1OCC.COc1cnnnc1-c1ccccc1. The van der Waals surface area contributed by atoms with Crippen LogP contribution >= 0.6 is 0 Å². The molecule has 3 aromatic rings. The third-order valence-electron chi connectivity index (χ3n) is 3.42. The first-order valence-electron chi connectivity index (χ1n) is 8.56. The van der Waals surface area contributed by atoms with Crippen LogP contribution in [0.2, 0.25) is 0 Å². The summed E-state index contributed by atoms with van der Waals surface area (Å²) in [6, 6.07) is 14.8. The minimum atomic E-state index is 0.118. The van der Waals surface area contributed by atoms with E-state index in [-0.39, 0.29) is 5.75 Å². The Morgan fingerprint density at radius 1 is 0.889 bits per heavy atom. The average molecular weight is 369 g/mol. The van der Waals surface area contributed by atoms with Gasteiger partial charge in [0.05, 0.1) is 26.5 Å². The van der Waals surface area contributed by atoms with Crippen LogP contribution in [0.1, 0.15) is 13.8 Å². The van der Waals surface area contributed by atoms with E-state index in [9.17, 15) is 5.11 Å². The molecule has 0 radical (unpaired) electrons. The lowest BCUT2D eigenvalue weighted by atomic mass is 10.1. The first-order valence-corrected chi connectivity index (χ1v) is 8.56. The monoisotopic (exact) mass is 369 g/mol. The third kappa shape index (κ3) is 5.57. The highest BCUT2D eigenvalue weighted by molar-refractivity contribution is 5.64. The van der Waals surface area contributed by atoms with E-state index in [1.165, 1.54) is 0 Å². The van der Waals surface area contributed by atoms with Gasteiger partial charge >= 0.3 is 0 Å². The Balaban J connectivity index is 0.000000194. The molecule has 27 heavy (non-hydrogen) atoms. The Morgan fingerprint density at radius 3 is 2.30 bits per heavy atom. The van der Waals surface area contributed by atoms with Crippen LogP contribution in [0.25, 0.3) is 11.3 Å². The van der Waals surface area contributed by atoms with E-state index < -0.39 is 0 Å². The zero-order chi connectivity index (χ0) is 19.5. The van der Waals surface area contributed by atoms with E-state index in [0.717, 1.165) is 5.56 Å². The van der Waals surface area contributed by atoms with Crippen molar-refractivity contribution >= 4 is 0 Å². The Morgan fingerprint density at radius 2 is 1.63 bits per heavy atom. The number of aromatic hydroxyl groups is 1. The summed E-state index contributed by atoms with van der Waals surface area (Å²) >= 11 is 0. The van der Waals surface area contributed by atoms with Crippen LogP contribution in [0.5, 0.6) is 23.0 Å². The summed E-state index contributed by atoms with van der Waals surface area (Å²) in [4.78, 5) is 0. The van der Waals surface area contributed by atoms with Crippen molar-refractivity contribution in [3.63, 3.8) is 0 Å². The number of para-hydroxylation sites is 1. The highest BCUT2D eigenvalue weighted by Crippen LogP contribution is 2.35. The maximum atomic E-state index is 9.44. The zero-order valence-electron chi connectivity index (χ0n) is 15.6. The Kier molecular flexibility index (Phi) is 7.84. The van der Waals surface area contributed by atoms with Crippen molar-refractivity contribution in [2.24, 2.45) is 0 Å². The molecule has 0 fully saturated rings. The van der Waals surface area contributed by atoms with Gasteiger partial charge in [-0.25, -0.2) is 0 Å². The second-order valence-corrected chi connectivity index (χ2v) is 5.19. The minimum absolute atomic E-state index is 0.118. The second-order valence-electron chi connectivity index (χ2n) is 5.19. The van der Waals surface area contributed by atoms with Crippen molar-refractivity contribution in [2.45, 2.75) is 13.8 Å². The van der Waals surface area contributed by atoms with Crippen LogP contribution in [0.3, 0.4) is 0 Å². The number of phenols is 1. The van der Waals surface area contributed by atoms with Crippen molar-refractivity contribution in [1.29, 1.82) is 0 Å². The molecule has 0 aliphatic rings. The zero-order valence-corrected chi connectivity index (χ0v) is 15.6. The van der Waals surface area contributed by atoms with Gasteiger partial charge in [0.25, 0.3) is 0 Å². The molecular weight excluding hydrogens is 346 g/mol. The highest BCUT2D eigenvalue weighted by Gasteiger charge is 2.08. The fourth-order valence-electron chi connectivity index (χ4n) is 2.27. The van der Waals surface area contributed by atoms with Crippen molar-refractivity contribution in [3.8, 4) is 34.3 Å². The molecule has 1 N–H and O–H groups in total. The first kappa shape index (κ1) is 20.0. The van der Waals surface area contributed by atoms with Crippen LogP contribution in [0, 0.1) is 0 Å². The molecule has 7 nitrogen and oxygen atoms in total.